The highest BCUT2D eigenvalue weighted by molar-refractivity contribution is 5.49. The fourth-order valence-electron chi connectivity index (χ4n) is 2.82. The number of nitrogens with zero attached hydrogens (tertiary/aromatic N) is 5. The standard InChI is InChI=1S/C15H22N6O/c22-11-13-4-1-9-21(13)15-10-14(17-12-18-15)16-5-2-7-20-8-3-6-19-20/h3,6,8,10,12-13,22H,1-2,4-5,7,9,11H2,(H,16,17,18)/t13-/m1/s1. The molecule has 3 rings (SSSR count). The van der Waals surface area contributed by atoms with Crippen LogP contribution in [0.2, 0.25) is 0 Å². The minimum Gasteiger partial charge on any atom is -0.394 e. The van der Waals surface area contributed by atoms with E-state index in [2.05, 4.69) is 25.3 Å². The van der Waals surface area contributed by atoms with Gasteiger partial charge in [-0.1, -0.05) is 0 Å². The number of nitrogens with one attached hydrogen (secondary N) is 1. The van der Waals surface area contributed by atoms with Crippen LogP contribution in [0, 0.1) is 0 Å². The predicted octanol–water partition coefficient (Wildman–Crippen LogP) is 1.14. The second-order valence-electron chi connectivity index (χ2n) is 5.48. The maximum absolute atomic E-state index is 9.42. The molecule has 1 fully saturated rings. The second-order valence-corrected chi connectivity index (χ2v) is 5.48. The highest BCUT2D eigenvalue weighted by Gasteiger charge is 2.24. The number of rotatable bonds is 7. The van der Waals surface area contributed by atoms with Crippen LogP contribution < -0.4 is 10.2 Å². The first-order valence-electron chi connectivity index (χ1n) is 7.77. The fourth-order valence-corrected chi connectivity index (χ4v) is 2.82. The van der Waals surface area contributed by atoms with Gasteiger partial charge in [-0.05, 0) is 25.3 Å². The molecule has 118 valence electrons. The summed E-state index contributed by atoms with van der Waals surface area (Å²) in [6, 6.07) is 4.07. The number of anilines is 2. The zero-order valence-electron chi connectivity index (χ0n) is 12.6. The number of hydrogen-bond acceptors (Lipinski definition) is 6. The van der Waals surface area contributed by atoms with E-state index in [1.807, 2.05) is 23.0 Å². The lowest BCUT2D eigenvalue weighted by Crippen LogP contribution is -2.32. The van der Waals surface area contributed by atoms with Crippen LogP contribution in [-0.2, 0) is 6.54 Å². The molecule has 2 aromatic heterocycles. The number of aromatic nitrogens is 4. The van der Waals surface area contributed by atoms with E-state index < -0.39 is 0 Å². The third-order valence-electron chi connectivity index (χ3n) is 3.96. The molecule has 0 aromatic carbocycles. The first kappa shape index (κ1) is 14.8. The van der Waals surface area contributed by atoms with Gasteiger partial charge in [0, 0.05) is 38.1 Å². The van der Waals surface area contributed by atoms with Crippen LogP contribution in [0.25, 0.3) is 0 Å². The molecule has 2 aromatic rings. The highest BCUT2D eigenvalue weighted by atomic mass is 16.3. The van der Waals surface area contributed by atoms with E-state index in [9.17, 15) is 5.11 Å². The molecule has 0 spiro atoms. The lowest BCUT2D eigenvalue weighted by Gasteiger charge is -2.24. The van der Waals surface area contributed by atoms with E-state index in [0.29, 0.717) is 0 Å². The Balaban J connectivity index is 1.52. The van der Waals surface area contributed by atoms with Gasteiger partial charge in [0.05, 0.1) is 12.6 Å². The zero-order valence-corrected chi connectivity index (χ0v) is 12.6. The van der Waals surface area contributed by atoms with Crippen LogP contribution in [0.4, 0.5) is 11.6 Å². The largest absolute Gasteiger partial charge is 0.394 e. The lowest BCUT2D eigenvalue weighted by molar-refractivity contribution is 0.266. The smallest absolute Gasteiger partial charge is 0.134 e. The Labute approximate surface area is 130 Å². The number of hydrogen-bond donors (Lipinski definition) is 2. The fraction of sp³-hybridized carbons (Fsp3) is 0.533. The van der Waals surface area contributed by atoms with Gasteiger partial charge in [-0.15, -0.1) is 0 Å². The van der Waals surface area contributed by atoms with E-state index in [4.69, 9.17) is 0 Å². The number of aryl methyl sites for hydroxylation is 1. The van der Waals surface area contributed by atoms with E-state index in [1.165, 1.54) is 0 Å². The molecule has 0 unspecified atom stereocenters. The summed E-state index contributed by atoms with van der Waals surface area (Å²) in [7, 11) is 0. The van der Waals surface area contributed by atoms with Crippen molar-refractivity contribution in [1.82, 2.24) is 19.7 Å². The van der Waals surface area contributed by atoms with Gasteiger partial charge < -0.3 is 15.3 Å². The van der Waals surface area contributed by atoms with Crippen LogP contribution >= 0.6 is 0 Å². The van der Waals surface area contributed by atoms with Gasteiger partial charge in [0.1, 0.15) is 18.0 Å². The van der Waals surface area contributed by atoms with Gasteiger partial charge >= 0.3 is 0 Å². The minimum absolute atomic E-state index is 0.177. The maximum Gasteiger partial charge on any atom is 0.134 e. The molecule has 3 heterocycles. The van der Waals surface area contributed by atoms with Crippen molar-refractivity contribution in [3.63, 3.8) is 0 Å². The van der Waals surface area contributed by atoms with Crippen molar-refractivity contribution in [3.8, 4) is 0 Å². The Bertz CT molecular complexity index is 573. The molecule has 1 aliphatic rings. The molecule has 7 nitrogen and oxygen atoms in total. The molecule has 1 saturated heterocycles. The quantitative estimate of drug-likeness (QED) is 0.747. The van der Waals surface area contributed by atoms with Crippen LogP contribution in [0.1, 0.15) is 19.3 Å². The first-order valence-corrected chi connectivity index (χ1v) is 7.77. The monoisotopic (exact) mass is 302 g/mol. The molecule has 0 bridgehead atoms. The van der Waals surface area contributed by atoms with Gasteiger partial charge in [-0.2, -0.15) is 5.10 Å². The molecule has 0 saturated carbocycles. The molecule has 7 heteroatoms. The molecule has 1 aliphatic heterocycles. The van der Waals surface area contributed by atoms with E-state index in [1.54, 1.807) is 12.5 Å². The van der Waals surface area contributed by atoms with Gasteiger partial charge in [-0.3, -0.25) is 4.68 Å². The summed E-state index contributed by atoms with van der Waals surface area (Å²) in [4.78, 5) is 10.8. The van der Waals surface area contributed by atoms with Crippen molar-refractivity contribution in [2.45, 2.75) is 31.8 Å². The summed E-state index contributed by atoms with van der Waals surface area (Å²) in [5, 5.41) is 16.9. The Morgan fingerprint density at radius 2 is 2.32 bits per heavy atom. The van der Waals surface area contributed by atoms with Crippen molar-refractivity contribution in [3.05, 3.63) is 30.9 Å². The molecule has 22 heavy (non-hydrogen) atoms. The lowest BCUT2D eigenvalue weighted by atomic mass is 10.2. The summed E-state index contributed by atoms with van der Waals surface area (Å²) in [5.41, 5.74) is 0. The molecule has 2 N–H and O–H groups in total. The van der Waals surface area contributed by atoms with E-state index in [-0.39, 0.29) is 12.6 Å². The summed E-state index contributed by atoms with van der Waals surface area (Å²) >= 11 is 0. The predicted molar refractivity (Wildman–Crippen MR) is 84.8 cm³/mol. The summed E-state index contributed by atoms with van der Waals surface area (Å²) < 4.78 is 1.92. The minimum atomic E-state index is 0.177. The van der Waals surface area contributed by atoms with Gasteiger partial charge in [-0.25, -0.2) is 9.97 Å². The summed E-state index contributed by atoms with van der Waals surface area (Å²) in [6.45, 7) is 2.84. The Kier molecular flexibility index (Phi) is 4.85. The van der Waals surface area contributed by atoms with Crippen LogP contribution in [0.3, 0.4) is 0 Å². The normalized spacial score (nSPS) is 17.9. The van der Waals surface area contributed by atoms with E-state index in [0.717, 1.165) is 50.5 Å². The maximum atomic E-state index is 9.42. The van der Waals surface area contributed by atoms with Gasteiger partial charge in [0.25, 0.3) is 0 Å². The van der Waals surface area contributed by atoms with Crippen LogP contribution in [0.15, 0.2) is 30.9 Å². The van der Waals surface area contributed by atoms with E-state index >= 15 is 0 Å². The molecule has 0 aliphatic carbocycles. The van der Waals surface area contributed by atoms with Crippen molar-refractivity contribution in [2.24, 2.45) is 0 Å². The Hall–Kier alpha value is -2.15. The Morgan fingerprint density at radius 3 is 3.14 bits per heavy atom. The summed E-state index contributed by atoms with van der Waals surface area (Å²) in [5.74, 6) is 1.72. The Morgan fingerprint density at radius 1 is 1.36 bits per heavy atom. The summed E-state index contributed by atoms with van der Waals surface area (Å²) in [6.07, 6.45) is 8.43. The van der Waals surface area contributed by atoms with Crippen LogP contribution in [-0.4, -0.2) is 50.6 Å². The first-order chi connectivity index (χ1) is 10.9. The van der Waals surface area contributed by atoms with Crippen molar-refractivity contribution in [1.29, 1.82) is 0 Å². The second kappa shape index (κ2) is 7.22. The molecular formula is C15H22N6O. The van der Waals surface area contributed by atoms with Gasteiger partial charge in [0.2, 0.25) is 0 Å². The van der Waals surface area contributed by atoms with Crippen molar-refractivity contribution >= 4 is 11.6 Å². The number of aliphatic hydroxyl groups excluding tert-OH is 1. The zero-order chi connectivity index (χ0) is 15.2. The SMILES string of the molecule is OC[C@H]1CCCN1c1cc(NCCCn2cccn2)ncn1. The van der Waals surface area contributed by atoms with Gasteiger partial charge in [0.15, 0.2) is 0 Å². The average molecular weight is 302 g/mol. The third kappa shape index (κ3) is 3.54. The molecule has 0 amide bonds. The third-order valence-corrected chi connectivity index (χ3v) is 3.96. The van der Waals surface area contributed by atoms with Crippen LogP contribution in [0.5, 0.6) is 0 Å². The highest BCUT2D eigenvalue weighted by Crippen LogP contribution is 2.24. The molecule has 1 atom stereocenters. The number of aliphatic hydroxyl groups is 1. The molecule has 0 radical (unpaired) electrons. The average Bonchev–Trinajstić information content (AvgIpc) is 3.23. The van der Waals surface area contributed by atoms with Crippen molar-refractivity contribution in [2.75, 3.05) is 29.9 Å². The van der Waals surface area contributed by atoms with Crippen molar-refractivity contribution < 1.29 is 5.11 Å². The topological polar surface area (TPSA) is 79.1 Å². The molecular weight excluding hydrogens is 280 g/mol.